The van der Waals surface area contributed by atoms with Gasteiger partial charge < -0.3 is 5.32 Å². The summed E-state index contributed by atoms with van der Waals surface area (Å²) in [7, 11) is -7.47. The van der Waals surface area contributed by atoms with Gasteiger partial charge in [-0.1, -0.05) is 0 Å². The van der Waals surface area contributed by atoms with Crippen molar-refractivity contribution < 1.29 is 26.6 Å². The van der Waals surface area contributed by atoms with Gasteiger partial charge in [-0.25, -0.2) is 21.6 Å². The predicted octanol–water partition coefficient (Wildman–Crippen LogP) is 1.69. The number of hydrogen-bond acceptors (Lipinski definition) is 7. The van der Waals surface area contributed by atoms with E-state index < -0.39 is 30.9 Å². The summed E-state index contributed by atoms with van der Waals surface area (Å²) >= 11 is 0. The van der Waals surface area contributed by atoms with E-state index in [0.29, 0.717) is 18.8 Å². The monoisotopic (exact) mass is 482 g/mol. The topological polar surface area (TPSA) is 156 Å². The van der Waals surface area contributed by atoms with E-state index in [2.05, 4.69) is 10.0 Å². The average molecular weight is 483 g/mol. The largest absolute Gasteiger partial charge is 0.326 e. The zero-order valence-electron chi connectivity index (χ0n) is 16.9. The van der Waals surface area contributed by atoms with Crippen LogP contribution in [0.2, 0.25) is 0 Å². The van der Waals surface area contributed by atoms with Crippen LogP contribution in [0.5, 0.6) is 0 Å². The van der Waals surface area contributed by atoms with Crippen LogP contribution >= 0.6 is 0 Å². The normalized spacial score (nSPS) is 14.9. The number of sulfonamides is 2. The van der Waals surface area contributed by atoms with E-state index in [1.807, 2.05) is 0 Å². The lowest BCUT2D eigenvalue weighted by Gasteiger charge is -2.15. The van der Waals surface area contributed by atoms with Gasteiger partial charge in [-0.15, -0.1) is 0 Å². The summed E-state index contributed by atoms with van der Waals surface area (Å²) < 4.78 is 53.2. The molecule has 32 heavy (non-hydrogen) atoms. The number of carbonyl (C=O) groups excluding carboxylic acids is 1. The Labute approximate surface area is 185 Å². The van der Waals surface area contributed by atoms with Crippen LogP contribution in [0.1, 0.15) is 19.3 Å². The third kappa shape index (κ3) is 5.68. The van der Waals surface area contributed by atoms with Crippen molar-refractivity contribution in [1.82, 2.24) is 9.03 Å². The molecule has 0 unspecified atom stereocenters. The van der Waals surface area contributed by atoms with Crippen molar-refractivity contribution in [3.63, 3.8) is 0 Å². The van der Waals surface area contributed by atoms with Gasteiger partial charge in [0.15, 0.2) is 0 Å². The summed E-state index contributed by atoms with van der Waals surface area (Å²) in [5.74, 6) is -0.466. The number of nitrogens with one attached hydrogen (secondary N) is 2. The minimum Gasteiger partial charge on any atom is -0.326 e. The summed E-state index contributed by atoms with van der Waals surface area (Å²) in [5.41, 5.74) is 0.149. The van der Waals surface area contributed by atoms with Crippen molar-refractivity contribution in [3.8, 4) is 0 Å². The number of hydrogen-bond donors (Lipinski definition) is 2. The Bertz CT molecular complexity index is 1190. The average Bonchev–Trinajstić information content (AvgIpc) is 3.30. The van der Waals surface area contributed by atoms with Crippen LogP contribution < -0.4 is 10.0 Å². The summed E-state index contributed by atoms with van der Waals surface area (Å²) in [6, 6.07) is 10.2. The lowest BCUT2D eigenvalue weighted by molar-refractivity contribution is -0.384. The van der Waals surface area contributed by atoms with E-state index in [1.54, 1.807) is 0 Å². The minimum absolute atomic E-state index is 0.147. The van der Waals surface area contributed by atoms with Crippen molar-refractivity contribution in [2.75, 3.05) is 25.0 Å². The molecule has 0 bridgehead atoms. The highest BCUT2D eigenvalue weighted by Crippen LogP contribution is 2.22. The molecule has 3 rings (SSSR count). The first-order valence-corrected chi connectivity index (χ1v) is 12.7. The quantitative estimate of drug-likeness (QED) is 0.407. The molecule has 1 heterocycles. The number of amides is 1. The Kier molecular flexibility index (Phi) is 7.23. The van der Waals surface area contributed by atoms with Crippen molar-refractivity contribution in [2.45, 2.75) is 29.1 Å². The number of nitro benzene ring substituents is 1. The zero-order chi connectivity index (χ0) is 23.4. The number of nitro groups is 1. The lowest BCUT2D eigenvalue weighted by Crippen LogP contribution is -2.28. The van der Waals surface area contributed by atoms with Crippen molar-refractivity contribution >= 4 is 37.3 Å². The molecule has 0 aromatic heterocycles. The Morgan fingerprint density at radius 2 is 1.50 bits per heavy atom. The van der Waals surface area contributed by atoms with Crippen LogP contribution in [0.15, 0.2) is 58.3 Å². The van der Waals surface area contributed by atoms with Gasteiger partial charge in [0.2, 0.25) is 26.0 Å². The van der Waals surface area contributed by atoms with E-state index in [0.717, 1.165) is 37.1 Å². The molecule has 0 atom stereocenters. The number of nitrogens with zero attached hydrogens (tertiary/aromatic N) is 2. The van der Waals surface area contributed by atoms with Crippen LogP contribution in [0.3, 0.4) is 0 Å². The van der Waals surface area contributed by atoms with E-state index in [-0.39, 0.29) is 28.4 Å². The molecular formula is C19H22N4O7S2. The summed E-state index contributed by atoms with van der Waals surface area (Å²) in [5, 5.41) is 13.2. The van der Waals surface area contributed by atoms with Crippen LogP contribution in [0, 0.1) is 10.1 Å². The Morgan fingerprint density at radius 1 is 0.938 bits per heavy atom. The second-order valence-electron chi connectivity index (χ2n) is 7.08. The standard InChI is InChI=1S/C19H22N4O7S2/c24-19(11-12-20-31(27,28)17-9-5-16(6-10-17)23(25)26)21-15-3-7-18(8-4-15)32(29,30)22-13-1-2-14-22/h3-10,20H,1-2,11-14H2,(H,21,24). The molecule has 1 amide bonds. The predicted molar refractivity (Wildman–Crippen MR) is 116 cm³/mol. The fraction of sp³-hybridized carbons (Fsp3) is 0.316. The Hall–Kier alpha value is -2.87. The van der Waals surface area contributed by atoms with Gasteiger partial charge in [0.05, 0.1) is 14.7 Å². The molecule has 0 saturated carbocycles. The number of benzene rings is 2. The molecule has 11 nitrogen and oxygen atoms in total. The van der Waals surface area contributed by atoms with E-state index >= 15 is 0 Å². The van der Waals surface area contributed by atoms with Gasteiger partial charge in [0, 0.05) is 43.9 Å². The molecule has 2 aromatic carbocycles. The molecule has 0 aliphatic carbocycles. The summed E-state index contributed by atoms with van der Waals surface area (Å²) in [6.07, 6.45) is 1.50. The van der Waals surface area contributed by atoms with Crippen LogP contribution in [0.4, 0.5) is 11.4 Å². The minimum atomic E-state index is -3.93. The molecule has 1 aliphatic rings. The van der Waals surface area contributed by atoms with Gasteiger partial charge in [0.1, 0.15) is 0 Å². The van der Waals surface area contributed by atoms with E-state index in [1.165, 1.54) is 28.6 Å². The number of rotatable bonds is 9. The first kappa shape index (κ1) is 23.8. The Balaban J connectivity index is 1.52. The highest BCUT2D eigenvalue weighted by atomic mass is 32.2. The molecule has 1 saturated heterocycles. The fourth-order valence-electron chi connectivity index (χ4n) is 3.14. The zero-order valence-corrected chi connectivity index (χ0v) is 18.6. The summed E-state index contributed by atoms with van der Waals surface area (Å²) in [6.45, 7) is 0.805. The third-order valence-corrected chi connectivity index (χ3v) is 8.23. The smallest absolute Gasteiger partial charge is 0.269 e. The number of non-ortho nitro benzene ring substituents is 1. The van der Waals surface area contributed by atoms with E-state index in [4.69, 9.17) is 0 Å². The maximum Gasteiger partial charge on any atom is 0.269 e. The van der Waals surface area contributed by atoms with Crippen molar-refractivity contribution in [1.29, 1.82) is 0 Å². The molecule has 0 spiro atoms. The first-order chi connectivity index (χ1) is 15.1. The summed E-state index contributed by atoms with van der Waals surface area (Å²) in [4.78, 5) is 22.1. The van der Waals surface area contributed by atoms with Gasteiger partial charge in [0.25, 0.3) is 5.69 Å². The van der Waals surface area contributed by atoms with Gasteiger partial charge in [-0.3, -0.25) is 14.9 Å². The van der Waals surface area contributed by atoms with Crippen LogP contribution in [0.25, 0.3) is 0 Å². The number of anilines is 1. The molecule has 2 aromatic rings. The molecule has 1 fully saturated rings. The molecule has 172 valence electrons. The SMILES string of the molecule is O=C(CCNS(=O)(=O)c1ccc([N+](=O)[O-])cc1)Nc1ccc(S(=O)(=O)N2CCCC2)cc1. The Morgan fingerprint density at radius 3 is 2.06 bits per heavy atom. The van der Waals surface area contributed by atoms with Crippen molar-refractivity contribution in [3.05, 3.63) is 58.6 Å². The highest BCUT2D eigenvalue weighted by molar-refractivity contribution is 7.89. The lowest BCUT2D eigenvalue weighted by atomic mass is 10.3. The van der Waals surface area contributed by atoms with Crippen LogP contribution in [-0.4, -0.2) is 51.6 Å². The highest BCUT2D eigenvalue weighted by Gasteiger charge is 2.27. The van der Waals surface area contributed by atoms with Crippen molar-refractivity contribution in [2.24, 2.45) is 0 Å². The molecule has 1 aliphatic heterocycles. The van der Waals surface area contributed by atoms with Gasteiger partial charge in [-0.2, -0.15) is 4.31 Å². The molecular weight excluding hydrogens is 460 g/mol. The fourth-order valence-corrected chi connectivity index (χ4v) is 5.69. The molecule has 2 N–H and O–H groups in total. The second-order valence-corrected chi connectivity index (χ2v) is 10.8. The molecule has 13 heteroatoms. The first-order valence-electron chi connectivity index (χ1n) is 9.74. The van der Waals surface area contributed by atoms with Gasteiger partial charge in [-0.05, 0) is 49.2 Å². The van der Waals surface area contributed by atoms with Crippen LogP contribution in [-0.2, 0) is 24.8 Å². The second kappa shape index (κ2) is 9.73. The van der Waals surface area contributed by atoms with E-state index in [9.17, 15) is 31.7 Å². The molecule has 0 radical (unpaired) electrons. The third-order valence-electron chi connectivity index (χ3n) is 4.84. The van der Waals surface area contributed by atoms with Gasteiger partial charge >= 0.3 is 0 Å². The number of carbonyl (C=O) groups is 1. The maximum atomic E-state index is 12.5. The maximum absolute atomic E-state index is 12.5.